The fourth-order valence-electron chi connectivity index (χ4n) is 0.640. The molecule has 0 fully saturated rings. The third kappa shape index (κ3) is 5.85. The van der Waals surface area contributed by atoms with Gasteiger partial charge in [-0.15, -0.1) is 6.42 Å². The minimum atomic E-state index is -1.46. The Bertz CT molecular complexity index is 246. The third-order valence-electron chi connectivity index (χ3n) is 1.34. The molecular formula is C8H12N2O4. The molecule has 0 aromatic carbocycles. The first-order chi connectivity index (χ1) is 6.57. The molecule has 6 nitrogen and oxygen atoms in total. The van der Waals surface area contributed by atoms with Gasteiger partial charge in [-0.1, -0.05) is 5.92 Å². The fraction of sp³-hybridized carbons (Fsp3) is 0.500. The summed E-state index contributed by atoms with van der Waals surface area (Å²) in [5, 5.41) is 21.7. The Morgan fingerprint density at radius 1 is 1.43 bits per heavy atom. The van der Waals surface area contributed by atoms with E-state index in [2.05, 4.69) is 16.6 Å². The molecule has 1 atom stereocenters. The summed E-state index contributed by atoms with van der Waals surface area (Å²) in [5.41, 5.74) is 0. The molecule has 0 rings (SSSR count). The van der Waals surface area contributed by atoms with E-state index in [0.717, 1.165) is 0 Å². The van der Waals surface area contributed by atoms with Crippen LogP contribution in [0.5, 0.6) is 0 Å². The Labute approximate surface area is 81.3 Å². The summed E-state index contributed by atoms with van der Waals surface area (Å²) in [6.07, 6.45) is 3.38. The molecule has 1 unspecified atom stereocenters. The molecule has 0 aliphatic heterocycles. The minimum Gasteiger partial charge on any atom is -0.479 e. The van der Waals surface area contributed by atoms with Crippen molar-refractivity contribution in [2.45, 2.75) is 12.5 Å². The number of carbonyl (C=O) groups excluding carboxylic acids is 1. The standard InChI is InChI=1S/C8H12N2O4/c1-2-4-9-8(14)10-5-3-6(11)7(12)13/h1,6,11H,3-5H2,(H,12,13)(H2,9,10,14). The van der Waals surface area contributed by atoms with E-state index in [1.165, 1.54) is 0 Å². The van der Waals surface area contributed by atoms with Gasteiger partial charge in [0.25, 0.3) is 0 Å². The van der Waals surface area contributed by atoms with Crippen LogP contribution < -0.4 is 10.6 Å². The number of carboxylic acid groups (broad SMARTS) is 1. The van der Waals surface area contributed by atoms with Gasteiger partial charge in [0.05, 0.1) is 6.54 Å². The summed E-state index contributed by atoms with van der Waals surface area (Å²) >= 11 is 0. The molecule has 2 amide bonds. The number of aliphatic hydroxyl groups is 1. The van der Waals surface area contributed by atoms with Crippen molar-refractivity contribution < 1.29 is 19.8 Å². The number of urea groups is 1. The number of carbonyl (C=O) groups is 2. The Kier molecular flexibility index (Phi) is 5.90. The van der Waals surface area contributed by atoms with Gasteiger partial charge in [-0.05, 0) is 0 Å². The summed E-state index contributed by atoms with van der Waals surface area (Å²) < 4.78 is 0. The molecule has 0 saturated carbocycles. The molecule has 0 saturated heterocycles. The monoisotopic (exact) mass is 200 g/mol. The number of aliphatic carboxylic acids is 1. The molecule has 6 heteroatoms. The second kappa shape index (κ2) is 6.74. The van der Waals surface area contributed by atoms with E-state index in [4.69, 9.17) is 16.6 Å². The molecule has 4 N–H and O–H groups in total. The highest BCUT2D eigenvalue weighted by Crippen LogP contribution is 1.88. The van der Waals surface area contributed by atoms with Crippen LogP contribution in [0.25, 0.3) is 0 Å². The van der Waals surface area contributed by atoms with Crippen LogP contribution in [0.3, 0.4) is 0 Å². The van der Waals surface area contributed by atoms with Crippen molar-refractivity contribution in [3.05, 3.63) is 0 Å². The van der Waals surface area contributed by atoms with Crippen molar-refractivity contribution in [1.29, 1.82) is 0 Å². The van der Waals surface area contributed by atoms with Crippen LogP contribution in [-0.2, 0) is 4.79 Å². The number of hydrogen-bond donors (Lipinski definition) is 4. The number of aliphatic hydroxyl groups excluding tert-OH is 1. The van der Waals surface area contributed by atoms with Crippen LogP contribution >= 0.6 is 0 Å². The summed E-state index contributed by atoms with van der Waals surface area (Å²) in [4.78, 5) is 20.9. The quantitative estimate of drug-likeness (QED) is 0.417. The summed E-state index contributed by atoms with van der Waals surface area (Å²) in [6, 6.07) is -0.486. The predicted octanol–water partition coefficient (Wildman–Crippen LogP) is -1.25. The molecular weight excluding hydrogens is 188 g/mol. The van der Waals surface area contributed by atoms with Crippen LogP contribution in [0, 0.1) is 12.3 Å². The first kappa shape index (κ1) is 12.3. The number of rotatable bonds is 5. The van der Waals surface area contributed by atoms with Gasteiger partial charge >= 0.3 is 12.0 Å². The lowest BCUT2D eigenvalue weighted by Gasteiger charge is -2.07. The van der Waals surface area contributed by atoms with Crippen LogP contribution in [0.1, 0.15) is 6.42 Å². The molecule has 78 valence electrons. The molecule has 0 aromatic rings. The normalized spacial score (nSPS) is 11.1. The second-order valence-electron chi connectivity index (χ2n) is 2.46. The van der Waals surface area contributed by atoms with Gasteiger partial charge in [0, 0.05) is 13.0 Å². The SMILES string of the molecule is C#CCNC(=O)NCCC(O)C(=O)O. The van der Waals surface area contributed by atoms with Gasteiger partial charge < -0.3 is 20.8 Å². The van der Waals surface area contributed by atoms with Crippen molar-refractivity contribution in [3.63, 3.8) is 0 Å². The van der Waals surface area contributed by atoms with Gasteiger partial charge in [0.2, 0.25) is 0 Å². The maximum absolute atomic E-state index is 10.8. The molecule has 0 aromatic heterocycles. The molecule has 0 radical (unpaired) electrons. The maximum atomic E-state index is 10.8. The Morgan fingerprint density at radius 2 is 2.07 bits per heavy atom. The Hall–Kier alpha value is -1.74. The minimum absolute atomic E-state index is 0.0429. The first-order valence-corrected chi connectivity index (χ1v) is 3.94. The zero-order valence-electron chi connectivity index (χ0n) is 7.49. The van der Waals surface area contributed by atoms with E-state index >= 15 is 0 Å². The van der Waals surface area contributed by atoms with Crippen molar-refractivity contribution >= 4 is 12.0 Å². The van der Waals surface area contributed by atoms with E-state index in [9.17, 15) is 9.59 Å². The zero-order valence-corrected chi connectivity index (χ0v) is 7.49. The van der Waals surface area contributed by atoms with Crippen LogP contribution in [0.15, 0.2) is 0 Å². The van der Waals surface area contributed by atoms with Gasteiger partial charge in [-0.3, -0.25) is 0 Å². The Morgan fingerprint density at radius 3 is 2.57 bits per heavy atom. The van der Waals surface area contributed by atoms with E-state index in [1.54, 1.807) is 0 Å². The van der Waals surface area contributed by atoms with Crippen LogP contribution in [-0.4, -0.2) is 41.4 Å². The average molecular weight is 200 g/mol. The lowest BCUT2D eigenvalue weighted by molar-refractivity contribution is -0.146. The number of terminal acetylenes is 1. The smallest absolute Gasteiger partial charge is 0.332 e. The first-order valence-electron chi connectivity index (χ1n) is 3.94. The molecule has 0 bridgehead atoms. The topological polar surface area (TPSA) is 98.7 Å². The van der Waals surface area contributed by atoms with E-state index < -0.39 is 18.1 Å². The summed E-state index contributed by atoms with van der Waals surface area (Å²) in [6.45, 7) is 0.178. The number of hydrogen-bond acceptors (Lipinski definition) is 3. The molecule has 0 aliphatic carbocycles. The van der Waals surface area contributed by atoms with Crippen molar-refractivity contribution in [3.8, 4) is 12.3 Å². The second-order valence-corrected chi connectivity index (χ2v) is 2.46. The van der Waals surface area contributed by atoms with Gasteiger partial charge in [-0.25, -0.2) is 9.59 Å². The zero-order chi connectivity index (χ0) is 11.0. The van der Waals surface area contributed by atoms with E-state index in [0.29, 0.717) is 0 Å². The number of carboxylic acids is 1. The lowest BCUT2D eigenvalue weighted by Crippen LogP contribution is -2.37. The predicted molar refractivity (Wildman–Crippen MR) is 48.5 cm³/mol. The summed E-state index contributed by atoms with van der Waals surface area (Å²) in [5.74, 6) is 0.891. The van der Waals surface area contributed by atoms with Crippen LogP contribution in [0.2, 0.25) is 0 Å². The van der Waals surface area contributed by atoms with Gasteiger partial charge in [0.15, 0.2) is 6.10 Å². The highest BCUT2D eigenvalue weighted by Gasteiger charge is 2.12. The van der Waals surface area contributed by atoms with Crippen molar-refractivity contribution in [1.82, 2.24) is 10.6 Å². The van der Waals surface area contributed by atoms with Gasteiger partial charge in [0.1, 0.15) is 0 Å². The highest BCUT2D eigenvalue weighted by molar-refractivity contribution is 5.74. The van der Waals surface area contributed by atoms with Crippen molar-refractivity contribution in [2.75, 3.05) is 13.1 Å². The molecule has 14 heavy (non-hydrogen) atoms. The summed E-state index contributed by atoms with van der Waals surface area (Å²) in [7, 11) is 0. The lowest BCUT2D eigenvalue weighted by atomic mass is 10.2. The Balaban J connectivity index is 3.50. The van der Waals surface area contributed by atoms with Gasteiger partial charge in [-0.2, -0.15) is 0 Å². The number of amides is 2. The molecule has 0 spiro atoms. The molecule has 0 aliphatic rings. The van der Waals surface area contributed by atoms with Crippen molar-refractivity contribution in [2.24, 2.45) is 0 Å². The highest BCUT2D eigenvalue weighted by atomic mass is 16.4. The average Bonchev–Trinajstić information content (AvgIpc) is 2.14. The maximum Gasteiger partial charge on any atom is 0.332 e. The largest absolute Gasteiger partial charge is 0.479 e. The number of nitrogens with one attached hydrogen (secondary N) is 2. The van der Waals surface area contributed by atoms with Crippen LogP contribution in [0.4, 0.5) is 4.79 Å². The van der Waals surface area contributed by atoms with E-state index in [-0.39, 0.29) is 19.5 Å². The third-order valence-corrected chi connectivity index (χ3v) is 1.34. The molecule has 0 heterocycles. The van der Waals surface area contributed by atoms with E-state index in [1.807, 2.05) is 0 Å². The fourth-order valence-corrected chi connectivity index (χ4v) is 0.640.